The molecule has 0 radical (unpaired) electrons. The first-order chi connectivity index (χ1) is 10.4. The van der Waals surface area contributed by atoms with E-state index >= 15 is 0 Å². The molecular weight excluding hydrogens is 369 g/mol. The zero-order valence-corrected chi connectivity index (χ0v) is 17.0. The van der Waals surface area contributed by atoms with E-state index in [1.807, 2.05) is 16.8 Å². The fraction of sp³-hybridized carbons (Fsp3) is 0.500. The summed E-state index contributed by atoms with van der Waals surface area (Å²) in [6.45, 7) is 8.21. The Morgan fingerprint density at radius 1 is 1.33 bits per heavy atom. The van der Waals surface area contributed by atoms with Crippen molar-refractivity contribution in [3.63, 3.8) is 0 Å². The van der Waals surface area contributed by atoms with Crippen LogP contribution in [0.15, 0.2) is 18.5 Å². The van der Waals surface area contributed by atoms with Gasteiger partial charge in [-0.1, -0.05) is 19.6 Å². The largest absolute Gasteiger partial charge is 0.361 e. The molecule has 0 fully saturated rings. The molecule has 2 aromatic heterocycles. The number of hydrogen-bond donors (Lipinski definition) is 2. The molecule has 2 N–H and O–H groups in total. The quantitative estimate of drug-likeness (QED) is 0.582. The van der Waals surface area contributed by atoms with Crippen molar-refractivity contribution in [3.05, 3.63) is 18.5 Å². The molecule has 136 valence electrons. The van der Waals surface area contributed by atoms with Gasteiger partial charge < -0.3 is 14.6 Å². The second-order valence-corrected chi connectivity index (χ2v) is 11.9. The number of fused-ring (bicyclic) bond motifs is 1. The van der Waals surface area contributed by atoms with Crippen molar-refractivity contribution in [1.29, 1.82) is 0 Å². The smallest absolute Gasteiger partial charge is 0.320 e. The van der Waals surface area contributed by atoms with Crippen LogP contribution in [0.2, 0.25) is 25.7 Å². The maximum atomic E-state index is 11.3. The van der Waals surface area contributed by atoms with Crippen molar-refractivity contribution in [2.24, 2.45) is 0 Å². The lowest BCUT2D eigenvalue weighted by molar-refractivity contribution is 0.0899. The Labute approximate surface area is 155 Å². The highest BCUT2D eigenvalue weighted by Gasteiger charge is 2.12. The Kier molecular flexibility index (Phi) is 9.27. The number of carbonyl (C=O) groups is 1. The van der Waals surface area contributed by atoms with E-state index in [0.717, 1.165) is 23.8 Å². The fourth-order valence-corrected chi connectivity index (χ4v) is 2.60. The number of hydrogen-bond acceptors (Lipinski definition) is 4. The molecule has 2 aromatic rings. The Balaban J connectivity index is 0.00000264. The van der Waals surface area contributed by atoms with Crippen molar-refractivity contribution < 1.29 is 9.53 Å². The minimum absolute atomic E-state index is 0. The molecular formula is C14H25Cl2N5O2Si. The van der Waals surface area contributed by atoms with Crippen molar-refractivity contribution in [1.82, 2.24) is 19.9 Å². The summed E-state index contributed by atoms with van der Waals surface area (Å²) in [6, 6.07) is 2.68. The van der Waals surface area contributed by atoms with Crippen LogP contribution < -0.4 is 10.6 Å². The van der Waals surface area contributed by atoms with Gasteiger partial charge in [-0.05, 0) is 12.1 Å². The number of rotatable bonds is 6. The molecule has 0 aliphatic carbocycles. The van der Waals surface area contributed by atoms with E-state index in [4.69, 9.17) is 4.74 Å². The first kappa shape index (κ1) is 22.6. The summed E-state index contributed by atoms with van der Waals surface area (Å²) in [5, 5.41) is 5.08. The Hall–Kier alpha value is -1.35. The highest BCUT2D eigenvalue weighted by Crippen LogP contribution is 2.14. The molecule has 0 aromatic carbocycles. The number of halogens is 2. The van der Waals surface area contributed by atoms with Gasteiger partial charge in [-0.25, -0.2) is 14.8 Å². The molecule has 0 saturated carbocycles. The highest BCUT2D eigenvalue weighted by molar-refractivity contribution is 6.76. The number of ether oxygens (including phenoxy) is 1. The third-order valence-corrected chi connectivity index (χ3v) is 4.86. The van der Waals surface area contributed by atoms with Crippen LogP contribution in [-0.4, -0.2) is 42.3 Å². The van der Waals surface area contributed by atoms with Gasteiger partial charge in [0.25, 0.3) is 0 Å². The standard InChI is InChI=1S/C14H23N5O2Si.2ClH/c1-15-14(20)18-12-9-16-13-11(17-12)5-6-19(13)10-21-7-8-22(2,3)4;;/h5-6,9H,7-8,10H2,1-4H3,(H2,15,17,18,20);2*1H. The molecule has 2 heterocycles. The van der Waals surface area contributed by atoms with Crippen LogP contribution in [0.5, 0.6) is 0 Å². The molecule has 2 amide bonds. The van der Waals surface area contributed by atoms with Gasteiger partial charge in [-0.2, -0.15) is 0 Å². The normalized spacial score (nSPS) is 10.7. The summed E-state index contributed by atoms with van der Waals surface area (Å²) in [5.74, 6) is 0.421. The average molecular weight is 394 g/mol. The summed E-state index contributed by atoms with van der Waals surface area (Å²) in [5.41, 5.74) is 1.47. The van der Waals surface area contributed by atoms with Crippen LogP contribution in [0, 0.1) is 0 Å². The fourth-order valence-electron chi connectivity index (χ4n) is 1.85. The molecule has 0 atom stereocenters. The predicted octanol–water partition coefficient (Wildman–Crippen LogP) is 3.34. The second kappa shape index (κ2) is 9.82. The minimum atomic E-state index is -1.07. The van der Waals surface area contributed by atoms with Crippen molar-refractivity contribution in [2.75, 3.05) is 19.0 Å². The highest BCUT2D eigenvalue weighted by atomic mass is 35.5. The third-order valence-electron chi connectivity index (χ3n) is 3.16. The number of anilines is 1. The maximum Gasteiger partial charge on any atom is 0.320 e. The number of urea groups is 1. The van der Waals surface area contributed by atoms with Gasteiger partial charge in [0.15, 0.2) is 11.5 Å². The van der Waals surface area contributed by atoms with E-state index in [-0.39, 0.29) is 30.8 Å². The van der Waals surface area contributed by atoms with E-state index in [1.54, 1.807) is 7.05 Å². The van der Waals surface area contributed by atoms with Gasteiger partial charge in [-0.3, -0.25) is 5.32 Å². The molecule has 0 spiro atoms. The van der Waals surface area contributed by atoms with Crippen LogP contribution in [0.3, 0.4) is 0 Å². The first-order valence-corrected chi connectivity index (χ1v) is 11.0. The van der Waals surface area contributed by atoms with Crippen molar-refractivity contribution >= 4 is 55.9 Å². The zero-order chi connectivity index (χ0) is 16.2. The van der Waals surface area contributed by atoms with E-state index in [1.165, 1.54) is 6.20 Å². The van der Waals surface area contributed by atoms with Gasteiger partial charge in [0.1, 0.15) is 12.2 Å². The van der Waals surface area contributed by atoms with Crippen molar-refractivity contribution in [3.8, 4) is 0 Å². The van der Waals surface area contributed by atoms with E-state index in [2.05, 4.69) is 40.2 Å². The zero-order valence-electron chi connectivity index (χ0n) is 14.3. The SMILES string of the molecule is CNC(=O)Nc1cnc2c(ccn2COCC[Si](C)(C)C)n1.Cl.Cl. The van der Waals surface area contributed by atoms with Crippen molar-refractivity contribution in [2.45, 2.75) is 32.4 Å². The molecule has 7 nitrogen and oxygen atoms in total. The molecule has 0 bridgehead atoms. The molecule has 2 rings (SSSR count). The number of nitrogens with one attached hydrogen (secondary N) is 2. The van der Waals surface area contributed by atoms with Gasteiger partial charge >= 0.3 is 6.03 Å². The number of nitrogens with zero attached hydrogens (tertiary/aromatic N) is 3. The van der Waals surface area contributed by atoms with Crippen LogP contribution in [0.25, 0.3) is 11.2 Å². The molecule has 0 unspecified atom stereocenters. The lowest BCUT2D eigenvalue weighted by atomic mass is 10.5. The number of aromatic nitrogens is 3. The first-order valence-electron chi connectivity index (χ1n) is 7.27. The Morgan fingerprint density at radius 2 is 2.04 bits per heavy atom. The monoisotopic (exact) mass is 393 g/mol. The van der Waals surface area contributed by atoms with Gasteiger partial charge in [0.2, 0.25) is 0 Å². The Bertz CT molecular complexity index is 660. The van der Waals surface area contributed by atoms with E-state index in [9.17, 15) is 4.79 Å². The topological polar surface area (TPSA) is 81.1 Å². The molecule has 10 heteroatoms. The third kappa shape index (κ3) is 6.64. The van der Waals surface area contributed by atoms with Gasteiger partial charge in [0.05, 0.1) is 6.20 Å². The van der Waals surface area contributed by atoms with E-state index < -0.39 is 8.07 Å². The Morgan fingerprint density at radius 3 is 2.67 bits per heavy atom. The van der Waals surface area contributed by atoms with Crippen LogP contribution in [0.1, 0.15) is 0 Å². The molecule has 0 aliphatic heterocycles. The lowest BCUT2D eigenvalue weighted by Crippen LogP contribution is -2.25. The summed E-state index contributed by atoms with van der Waals surface area (Å²) in [6.07, 6.45) is 3.43. The molecule has 0 saturated heterocycles. The van der Waals surface area contributed by atoms with Crippen LogP contribution in [-0.2, 0) is 11.5 Å². The molecule has 0 aliphatic rings. The number of carbonyl (C=O) groups excluding carboxylic acids is 1. The second-order valence-electron chi connectivity index (χ2n) is 6.30. The van der Waals surface area contributed by atoms with Crippen LogP contribution >= 0.6 is 24.8 Å². The predicted molar refractivity (Wildman–Crippen MR) is 104 cm³/mol. The number of amides is 2. The average Bonchev–Trinajstić information content (AvgIpc) is 2.85. The summed E-state index contributed by atoms with van der Waals surface area (Å²) in [7, 11) is 0.483. The summed E-state index contributed by atoms with van der Waals surface area (Å²) < 4.78 is 7.64. The summed E-state index contributed by atoms with van der Waals surface area (Å²) in [4.78, 5) is 20.0. The maximum absolute atomic E-state index is 11.3. The lowest BCUT2D eigenvalue weighted by Gasteiger charge is -2.15. The molecule has 24 heavy (non-hydrogen) atoms. The van der Waals surface area contributed by atoms with E-state index in [0.29, 0.717) is 12.5 Å². The summed E-state index contributed by atoms with van der Waals surface area (Å²) >= 11 is 0. The van der Waals surface area contributed by atoms with Gasteiger partial charge in [-0.15, -0.1) is 24.8 Å². The van der Waals surface area contributed by atoms with Gasteiger partial charge in [0, 0.05) is 27.9 Å². The van der Waals surface area contributed by atoms with Crippen LogP contribution in [0.4, 0.5) is 10.6 Å². The minimum Gasteiger partial charge on any atom is -0.361 e.